The maximum Gasteiger partial charge on any atom is 0.328 e. The normalized spacial score (nSPS) is 16.6. The summed E-state index contributed by atoms with van der Waals surface area (Å²) in [5.74, 6) is 1.56. The SMILES string of the molecule is COc1c(C)c(C)c2c(c1C)CCC(C)(CCOc1cc(Cn3ccnc3)ccc1/C=C/C(=O)O)O2.Cl. The predicted molar refractivity (Wildman–Crippen MR) is 146 cm³/mol. The van der Waals surface area contributed by atoms with Gasteiger partial charge in [0.05, 0.1) is 20.0 Å². The summed E-state index contributed by atoms with van der Waals surface area (Å²) in [5, 5.41) is 9.08. The Morgan fingerprint density at radius 1 is 1.24 bits per heavy atom. The summed E-state index contributed by atoms with van der Waals surface area (Å²) in [4.78, 5) is 15.2. The van der Waals surface area contributed by atoms with Crippen molar-refractivity contribution in [3.05, 3.63) is 76.4 Å². The number of methoxy groups -OCH3 is 1. The van der Waals surface area contributed by atoms with Gasteiger partial charge in [-0.2, -0.15) is 0 Å². The monoisotopic (exact) mass is 526 g/mol. The van der Waals surface area contributed by atoms with E-state index in [1.807, 2.05) is 29.0 Å². The molecule has 1 unspecified atom stereocenters. The number of carboxylic acids is 1. The lowest BCUT2D eigenvalue weighted by Gasteiger charge is -2.38. The highest BCUT2D eigenvalue weighted by Gasteiger charge is 2.34. The molecule has 1 aliphatic rings. The second-order valence-corrected chi connectivity index (χ2v) is 9.65. The van der Waals surface area contributed by atoms with E-state index in [0.29, 0.717) is 25.3 Å². The van der Waals surface area contributed by atoms with Crippen molar-refractivity contribution in [2.24, 2.45) is 0 Å². The summed E-state index contributed by atoms with van der Waals surface area (Å²) in [5.41, 5.74) is 6.00. The maximum absolute atomic E-state index is 11.1. The van der Waals surface area contributed by atoms with Crippen LogP contribution in [0, 0.1) is 20.8 Å². The van der Waals surface area contributed by atoms with Gasteiger partial charge in [0.25, 0.3) is 0 Å². The van der Waals surface area contributed by atoms with E-state index in [2.05, 4.69) is 32.7 Å². The first kappa shape index (κ1) is 28.1. The van der Waals surface area contributed by atoms with E-state index in [1.54, 1.807) is 25.7 Å². The van der Waals surface area contributed by atoms with Gasteiger partial charge in [0.15, 0.2) is 0 Å². The molecule has 0 aliphatic carbocycles. The Labute approximate surface area is 224 Å². The molecule has 8 heteroatoms. The van der Waals surface area contributed by atoms with Crippen LogP contribution in [0.2, 0.25) is 0 Å². The summed E-state index contributed by atoms with van der Waals surface area (Å²) in [6, 6.07) is 5.82. The molecule has 0 amide bonds. The first-order chi connectivity index (χ1) is 17.2. The largest absolute Gasteiger partial charge is 0.496 e. The molecule has 1 aliphatic heterocycles. The molecule has 0 fully saturated rings. The molecule has 0 saturated carbocycles. The fraction of sp³-hybridized carbons (Fsp3) is 0.379. The summed E-state index contributed by atoms with van der Waals surface area (Å²) >= 11 is 0. The summed E-state index contributed by atoms with van der Waals surface area (Å²) < 4.78 is 20.5. The molecule has 1 aromatic heterocycles. The van der Waals surface area contributed by atoms with Crippen molar-refractivity contribution in [3.63, 3.8) is 0 Å². The first-order valence-electron chi connectivity index (χ1n) is 12.2. The highest BCUT2D eigenvalue weighted by atomic mass is 35.5. The van der Waals surface area contributed by atoms with Crippen LogP contribution in [0.1, 0.15) is 53.1 Å². The Hall–Kier alpha value is -3.45. The second-order valence-electron chi connectivity index (χ2n) is 9.65. The minimum atomic E-state index is -0.997. The van der Waals surface area contributed by atoms with Crippen molar-refractivity contribution in [2.75, 3.05) is 13.7 Å². The Bertz CT molecular complexity index is 1290. The number of carboxylic acid groups (broad SMARTS) is 1. The number of ether oxygens (including phenoxy) is 3. The van der Waals surface area contributed by atoms with E-state index in [9.17, 15) is 4.79 Å². The van der Waals surface area contributed by atoms with E-state index >= 15 is 0 Å². The molecular weight excluding hydrogens is 492 g/mol. The summed E-state index contributed by atoms with van der Waals surface area (Å²) in [7, 11) is 1.72. The number of hydrogen-bond acceptors (Lipinski definition) is 5. The number of benzene rings is 2. The van der Waals surface area contributed by atoms with Gasteiger partial charge in [-0.25, -0.2) is 9.78 Å². The molecule has 2 heterocycles. The fourth-order valence-electron chi connectivity index (χ4n) is 4.83. The van der Waals surface area contributed by atoms with E-state index < -0.39 is 5.97 Å². The van der Waals surface area contributed by atoms with Crippen LogP contribution in [-0.4, -0.2) is 39.9 Å². The average Bonchev–Trinajstić information content (AvgIpc) is 3.35. The third kappa shape index (κ3) is 6.28. The van der Waals surface area contributed by atoms with E-state index in [1.165, 1.54) is 5.56 Å². The van der Waals surface area contributed by atoms with Gasteiger partial charge in [-0.1, -0.05) is 12.1 Å². The molecule has 198 valence electrons. The summed E-state index contributed by atoms with van der Waals surface area (Å²) in [6.07, 6.45) is 10.6. The quantitative estimate of drug-likeness (QED) is 0.347. The number of nitrogens with zero attached hydrogens (tertiary/aromatic N) is 2. The lowest BCUT2D eigenvalue weighted by Crippen LogP contribution is -2.38. The van der Waals surface area contributed by atoms with Gasteiger partial charge in [-0.15, -0.1) is 12.4 Å². The molecule has 0 spiro atoms. The van der Waals surface area contributed by atoms with Crippen molar-refractivity contribution in [1.29, 1.82) is 0 Å². The van der Waals surface area contributed by atoms with Gasteiger partial charge in [0, 0.05) is 42.6 Å². The molecule has 0 bridgehead atoms. The van der Waals surface area contributed by atoms with Crippen molar-refractivity contribution in [1.82, 2.24) is 9.55 Å². The van der Waals surface area contributed by atoms with Crippen LogP contribution in [0.5, 0.6) is 17.2 Å². The Morgan fingerprint density at radius 3 is 2.70 bits per heavy atom. The van der Waals surface area contributed by atoms with Crippen LogP contribution < -0.4 is 14.2 Å². The zero-order valence-electron chi connectivity index (χ0n) is 22.0. The molecule has 2 aromatic carbocycles. The molecule has 37 heavy (non-hydrogen) atoms. The Morgan fingerprint density at radius 2 is 2.03 bits per heavy atom. The van der Waals surface area contributed by atoms with E-state index in [0.717, 1.165) is 58.2 Å². The number of hydrogen-bond donors (Lipinski definition) is 1. The summed E-state index contributed by atoms with van der Waals surface area (Å²) in [6.45, 7) is 9.49. The van der Waals surface area contributed by atoms with Crippen molar-refractivity contribution in [3.8, 4) is 17.2 Å². The standard InChI is InChI=1S/C29H34N2O5.ClH/c1-19-20(2)28-24(21(3)27(19)34-5)10-11-29(4,36-28)12-15-35-25-16-22(17-31-14-13-30-18-31)6-7-23(25)8-9-26(32)33;/h6-9,13-14,16,18H,10-12,15,17H2,1-5H3,(H,32,33);1H/b9-8+;. The third-order valence-electron chi connectivity index (χ3n) is 7.06. The van der Waals surface area contributed by atoms with Crippen LogP contribution in [0.4, 0.5) is 0 Å². The minimum Gasteiger partial charge on any atom is -0.496 e. The molecule has 3 aromatic rings. The zero-order chi connectivity index (χ0) is 25.9. The fourth-order valence-corrected chi connectivity index (χ4v) is 4.83. The van der Waals surface area contributed by atoms with Gasteiger partial charge in [-0.3, -0.25) is 0 Å². The first-order valence-corrected chi connectivity index (χ1v) is 12.2. The molecule has 7 nitrogen and oxygen atoms in total. The molecule has 0 saturated heterocycles. The third-order valence-corrected chi connectivity index (χ3v) is 7.06. The number of aromatic nitrogens is 2. The highest BCUT2D eigenvalue weighted by molar-refractivity contribution is 5.86. The van der Waals surface area contributed by atoms with Gasteiger partial charge >= 0.3 is 5.97 Å². The van der Waals surface area contributed by atoms with E-state index in [-0.39, 0.29) is 18.0 Å². The van der Waals surface area contributed by atoms with Crippen LogP contribution in [0.15, 0.2) is 43.0 Å². The van der Waals surface area contributed by atoms with Crippen LogP contribution in [-0.2, 0) is 17.8 Å². The molecule has 1 N–H and O–H groups in total. The van der Waals surface area contributed by atoms with Gasteiger partial charge < -0.3 is 23.9 Å². The number of fused-ring (bicyclic) bond motifs is 1. The van der Waals surface area contributed by atoms with E-state index in [4.69, 9.17) is 19.3 Å². The lowest BCUT2D eigenvalue weighted by molar-refractivity contribution is -0.131. The Kier molecular flexibility index (Phi) is 8.92. The van der Waals surface area contributed by atoms with Gasteiger partial charge in [0.1, 0.15) is 22.8 Å². The van der Waals surface area contributed by atoms with Crippen LogP contribution >= 0.6 is 12.4 Å². The molecule has 4 rings (SSSR count). The van der Waals surface area contributed by atoms with Crippen molar-refractivity contribution in [2.45, 2.75) is 59.1 Å². The van der Waals surface area contributed by atoms with Gasteiger partial charge in [-0.05, 0) is 74.9 Å². The lowest BCUT2D eigenvalue weighted by atomic mass is 9.86. The minimum absolute atomic E-state index is 0. The van der Waals surface area contributed by atoms with Crippen LogP contribution in [0.25, 0.3) is 6.08 Å². The van der Waals surface area contributed by atoms with Crippen LogP contribution in [0.3, 0.4) is 0 Å². The number of halogens is 1. The molecule has 1 atom stereocenters. The predicted octanol–water partition coefficient (Wildman–Crippen LogP) is 5.94. The number of carbonyl (C=O) groups is 1. The number of imidazole rings is 1. The average molecular weight is 527 g/mol. The van der Waals surface area contributed by atoms with Gasteiger partial charge in [0.2, 0.25) is 0 Å². The smallest absolute Gasteiger partial charge is 0.328 e. The second kappa shape index (κ2) is 11.7. The van der Waals surface area contributed by atoms with Crippen molar-refractivity contribution >= 4 is 24.5 Å². The topological polar surface area (TPSA) is 82.8 Å². The maximum atomic E-state index is 11.1. The number of rotatable bonds is 9. The Balaban J connectivity index is 0.00000380. The molecular formula is C29H35ClN2O5. The highest BCUT2D eigenvalue weighted by Crippen LogP contribution is 2.44. The molecule has 0 radical (unpaired) electrons. The van der Waals surface area contributed by atoms with Crippen molar-refractivity contribution < 1.29 is 24.1 Å². The zero-order valence-corrected chi connectivity index (χ0v) is 22.9. The number of aliphatic carboxylic acids is 1.